The van der Waals surface area contributed by atoms with Gasteiger partial charge >= 0.3 is 0 Å². The summed E-state index contributed by atoms with van der Waals surface area (Å²) in [6.07, 6.45) is 2.88. The third-order valence-electron chi connectivity index (χ3n) is 4.10. The highest BCUT2D eigenvalue weighted by Gasteiger charge is 2.01. The first-order valence-electron chi connectivity index (χ1n) is 7.61. The summed E-state index contributed by atoms with van der Waals surface area (Å²) in [7, 11) is 0. The molecule has 0 spiro atoms. The Labute approximate surface area is 130 Å². The zero-order valence-electron chi connectivity index (χ0n) is 12.6. The van der Waals surface area contributed by atoms with Crippen LogP contribution in [0.1, 0.15) is 16.7 Å². The van der Waals surface area contributed by atoms with E-state index in [-0.39, 0.29) is 0 Å². The Kier molecular flexibility index (Phi) is 3.12. The SMILES string of the molecule is Cc1cnc2ccc(Cc3ccc4ccccc4c3)cc2c1. The zero-order chi connectivity index (χ0) is 14.9. The molecule has 0 aliphatic rings. The van der Waals surface area contributed by atoms with Crippen molar-refractivity contribution in [2.45, 2.75) is 13.3 Å². The molecule has 0 saturated heterocycles. The number of aromatic nitrogens is 1. The summed E-state index contributed by atoms with van der Waals surface area (Å²) in [6.45, 7) is 2.09. The van der Waals surface area contributed by atoms with E-state index in [1.54, 1.807) is 0 Å². The van der Waals surface area contributed by atoms with Crippen molar-refractivity contribution >= 4 is 21.7 Å². The van der Waals surface area contributed by atoms with E-state index in [4.69, 9.17) is 0 Å². The smallest absolute Gasteiger partial charge is 0.0702 e. The molecule has 0 radical (unpaired) electrons. The zero-order valence-corrected chi connectivity index (χ0v) is 12.6. The molecule has 0 saturated carbocycles. The first-order valence-corrected chi connectivity index (χ1v) is 7.61. The highest BCUT2D eigenvalue weighted by molar-refractivity contribution is 5.83. The van der Waals surface area contributed by atoms with Crippen molar-refractivity contribution in [1.29, 1.82) is 0 Å². The van der Waals surface area contributed by atoms with E-state index in [0.717, 1.165) is 11.9 Å². The van der Waals surface area contributed by atoms with Gasteiger partial charge in [0, 0.05) is 11.6 Å². The van der Waals surface area contributed by atoms with Crippen LogP contribution in [-0.2, 0) is 6.42 Å². The molecule has 1 nitrogen and oxygen atoms in total. The van der Waals surface area contributed by atoms with Gasteiger partial charge in [-0.15, -0.1) is 0 Å². The average Bonchev–Trinajstić information content (AvgIpc) is 2.54. The summed E-state index contributed by atoms with van der Waals surface area (Å²) >= 11 is 0. The minimum atomic E-state index is 0.953. The summed E-state index contributed by atoms with van der Waals surface area (Å²) in [5.74, 6) is 0. The molecule has 3 aromatic carbocycles. The fourth-order valence-corrected chi connectivity index (χ4v) is 2.99. The maximum absolute atomic E-state index is 4.47. The molecule has 0 N–H and O–H groups in total. The predicted octanol–water partition coefficient (Wildman–Crippen LogP) is 5.29. The van der Waals surface area contributed by atoms with Crippen LogP contribution in [0.4, 0.5) is 0 Å². The van der Waals surface area contributed by atoms with Crippen molar-refractivity contribution in [3.63, 3.8) is 0 Å². The van der Waals surface area contributed by atoms with Crippen LogP contribution in [0.25, 0.3) is 21.7 Å². The monoisotopic (exact) mass is 283 g/mol. The summed E-state index contributed by atoms with van der Waals surface area (Å²) in [5.41, 5.74) is 4.94. The molecular formula is C21H17N. The van der Waals surface area contributed by atoms with Gasteiger partial charge < -0.3 is 0 Å². The van der Waals surface area contributed by atoms with Gasteiger partial charge in [-0.3, -0.25) is 4.98 Å². The fraction of sp³-hybridized carbons (Fsp3) is 0.0952. The molecule has 0 fully saturated rings. The lowest BCUT2D eigenvalue weighted by molar-refractivity contribution is 1.20. The Bertz CT molecular complexity index is 970. The first-order chi connectivity index (χ1) is 10.8. The summed E-state index contributed by atoms with van der Waals surface area (Å²) in [5, 5.41) is 3.82. The molecule has 0 atom stereocenters. The molecule has 4 rings (SSSR count). The molecule has 1 heterocycles. The van der Waals surface area contributed by atoms with Crippen LogP contribution < -0.4 is 0 Å². The van der Waals surface area contributed by atoms with Gasteiger partial charge in [-0.25, -0.2) is 0 Å². The highest BCUT2D eigenvalue weighted by atomic mass is 14.6. The third kappa shape index (κ3) is 2.46. The van der Waals surface area contributed by atoms with E-state index in [1.807, 2.05) is 6.20 Å². The Morgan fingerprint density at radius 2 is 1.45 bits per heavy atom. The largest absolute Gasteiger partial charge is 0.256 e. The summed E-state index contributed by atoms with van der Waals surface area (Å²) < 4.78 is 0. The Morgan fingerprint density at radius 1 is 0.727 bits per heavy atom. The molecule has 0 unspecified atom stereocenters. The predicted molar refractivity (Wildman–Crippen MR) is 93.2 cm³/mol. The van der Waals surface area contributed by atoms with Crippen molar-refractivity contribution < 1.29 is 0 Å². The number of hydrogen-bond acceptors (Lipinski definition) is 1. The number of aryl methyl sites for hydroxylation is 1. The molecule has 1 aromatic heterocycles. The van der Waals surface area contributed by atoms with Gasteiger partial charge in [-0.05, 0) is 59.0 Å². The highest BCUT2D eigenvalue weighted by Crippen LogP contribution is 2.20. The van der Waals surface area contributed by atoms with Crippen LogP contribution in [0, 0.1) is 6.92 Å². The topological polar surface area (TPSA) is 12.9 Å². The molecule has 0 amide bonds. The lowest BCUT2D eigenvalue weighted by Gasteiger charge is -2.06. The normalized spacial score (nSPS) is 11.1. The van der Waals surface area contributed by atoms with E-state index in [1.165, 1.54) is 32.8 Å². The molecule has 0 aliphatic carbocycles. The van der Waals surface area contributed by atoms with Crippen LogP contribution in [0.5, 0.6) is 0 Å². The van der Waals surface area contributed by atoms with Gasteiger partial charge in [-0.2, -0.15) is 0 Å². The molecule has 22 heavy (non-hydrogen) atoms. The molecule has 4 aromatic rings. The van der Waals surface area contributed by atoms with Crippen molar-refractivity contribution in [3.8, 4) is 0 Å². The average molecular weight is 283 g/mol. The summed E-state index contributed by atoms with van der Waals surface area (Å²) in [4.78, 5) is 4.47. The fourth-order valence-electron chi connectivity index (χ4n) is 2.99. The Morgan fingerprint density at radius 3 is 2.32 bits per heavy atom. The van der Waals surface area contributed by atoms with Gasteiger partial charge in [0.15, 0.2) is 0 Å². The second-order valence-electron chi connectivity index (χ2n) is 5.90. The molecule has 106 valence electrons. The number of pyridine rings is 1. The molecule has 0 bridgehead atoms. The number of hydrogen-bond donors (Lipinski definition) is 0. The number of fused-ring (bicyclic) bond motifs is 2. The second-order valence-corrected chi connectivity index (χ2v) is 5.90. The lowest BCUT2D eigenvalue weighted by atomic mass is 10.00. The van der Waals surface area contributed by atoms with Gasteiger partial charge in [0.05, 0.1) is 5.52 Å². The van der Waals surface area contributed by atoms with Crippen LogP contribution in [0.15, 0.2) is 72.9 Å². The Hall–Kier alpha value is -2.67. The maximum atomic E-state index is 4.47. The van der Waals surface area contributed by atoms with Crippen LogP contribution in [-0.4, -0.2) is 4.98 Å². The minimum absolute atomic E-state index is 0.953. The van der Waals surface area contributed by atoms with Crippen LogP contribution in [0.2, 0.25) is 0 Å². The number of rotatable bonds is 2. The second kappa shape index (κ2) is 5.27. The van der Waals surface area contributed by atoms with Gasteiger partial charge in [-0.1, -0.05) is 48.5 Å². The molecular weight excluding hydrogens is 266 g/mol. The summed E-state index contributed by atoms with van der Waals surface area (Å²) in [6, 6.07) is 24.0. The number of nitrogens with zero attached hydrogens (tertiary/aromatic N) is 1. The van der Waals surface area contributed by atoms with Gasteiger partial charge in [0.1, 0.15) is 0 Å². The standard InChI is InChI=1S/C21H17N/c1-15-10-20-13-17(7-9-21(20)22-14-15)11-16-6-8-18-4-2-3-5-19(18)12-16/h2-10,12-14H,11H2,1H3. The maximum Gasteiger partial charge on any atom is 0.0702 e. The van der Waals surface area contributed by atoms with Gasteiger partial charge in [0.2, 0.25) is 0 Å². The van der Waals surface area contributed by atoms with E-state index < -0.39 is 0 Å². The molecule has 1 heteroatoms. The van der Waals surface area contributed by atoms with Crippen LogP contribution in [0.3, 0.4) is 0 Å². The third-order valence-corrected chi connectivity index (χ3v) is 4.10. The Balaban J connectivity index is 1.72. The van der Waals surface area contributed by atoms with E-state index in [9.17, 15) is 0 Å². The van der Waals surface area contributed by atoms with E-state index in [0.29, 0.717) is 0 Å². The van der Waals surface area contributed by atoms with E-state index in [2.05, 4.69) is 78.6 Å². The number of benzene rings is 3. The quantitative estimate of drug-likeness (QED) is 0.487. The van der Waals surface area contributed by atoms with Crippen molar-refractivity contribution in [2.75, 3.05) is 0 Å². The first kappa shape index (κ1) is 13.0. The molecule has 0 aliphatic heterocycles. The van der Waals surface area contributed by atoms with E-state index >= 15 is 0 Å². The van der Waals surface area contributed by atoms with Gasteiger partial charge in [0.25, 0.3) is 0 Å². The minimum Gasteiger partial charge on any atom is -0.256 e. The lowest BCUT2D eigenvalue weighted by Crippen LogP contribution is -1.90. The van der Waals surface area contributed by atoms with Crippen molar-refractivity contribution in [3.05, 3.63) is 89.6 Å². The van der Waals surface area contributed by atoms with Crippen LogP contribution >= 0.6 is 0 Å². The van der Waals surface area contributed by atoms with Crippen molar-refractivity contribution in [1.82, 2.24) is 4.98 Å². The van der Waals surface area contributed by atoms with Crippen molar-refractivity contribution in [2.24, 2.45) is 0 Å².